The van der Waals surface area contributed by atoms with Crippen LogP contribution in [-0.2, 0) is 9.53 Å². The van der Waals surface area contributed by atoms with E-state index in [1.165, 1.54) is 0 Å². The molecule has 14 heavy (non-hydrogen) atoms. The van der Waals surface area contributed by atoms with Gasteiger partial charge in [0, 0.05) is 12.1 Å². The SMILES string of the molecule is COC1=CC=C(NC(C)C(=O)O)CC1. The Labute approximate surface area is 83.3 Å². The Morgan fingerprint density at radius 2 is 2.29 bits per heavy atom. The molecule has 1 atom stereocenters. The molecule has 4 heteroatoms. The first-order chi connectivity index (χ1) is 6.63. The average Bonchev–Trinajstić information content (AvgIpc) is 2.19. The predicted molar refractivity (Wildman–Crippen MR) is 52.6 cm³/mol. The van der Waals surface area contributed by atoms with E-state index < -0.39 is 12.0 Å². The largest absolute Gasteiger partial charge is 0.501 e. The first-order valence-corrected chi connectivity index (χ1v) is 4.56. The van der Waals surface area contributed by atoms with E-state index >= 15 is 0 Å². The van der Waals surface area contributed by atoms with E-state index in [9.17, 15) is 4.79 Å². The molecule has 1 aliphatic rings. The van der Waals surface area contributed by atoms with Crippen molar-refractivity contribution in [3.05, 3.63) is 23.6 Å². The maximum Gasteiger partial charge on any atom is 0.325 e. The van der Waals surface area contributed by atoms with Crippen LogP contribution in [0.4, 0.5) is 0 Å². The third-order valence-corrected chi connectivity index (χ3v) is 2.15. The third kappa shape index (κ3) is 2.80. The van der Waals surface area contributed by atoms with Crippen LogP contribution in [0, 0.1) is 0 Å². The van der Waals surface area contributed by atoms with Crippen LogP contribution in [0.25, 0.3) is 0 Å². The highest BCUT2D eigenvalue weighted by molar-refractivity contribution is 5.73. The lowest BCUT2D eigenvalue weighted by molar-refractivity contribution is -0.138. The lowest BCUT2D eigenvalue weighted by Gasteiger charge is -2.17. The topological polar surface area (TPSA) is 58.6 Å². The molecule has 2 N–H and O–H groups in total. The maximum atomic E-state index is 10.6. The van der Waals surface area contributed by atoms with Gasteiger partial charge >= 0.3 is 5.97 Å². The number of ether oxygens (including phenoxy) is 1. The Balaban J connectivity index is 2.52. The Morgan fingerprint density at radius 3 is 2.71 bits per heavy atom. The van der Waals surface area contributed by atoms with Crippen molar-refractivity contribution >= 4 is 5.97 Å². The molecule has 0 radical (unpaired) electrons. The lowest BCUT2D eigenvalue weighted by Crippen LogP contribution is -2.33. The number of carbonyl (C=O) groups is 1. The van der Waals surface area contributed by atoms with Gasteiger partial charge in [-0.05, 0) is 25.5 Å². The van der Waals surface area contributed by atoms with Crippen LogP contribution < -0.4 is 5.32 Å². The molecule has 0 aromatic heterocycles. The highest BCUT2D eigenvalue weighted by atomic mass is 16.5. The van der Waals surface area contributed by atoms with Gasteiger partial charge in [-0.3, -0.25) is 4.79 Å². The van der Waals surface area contributed by atoms with Gasteiger partial charge in [0.25, 0.3) is 0 Å². The minimum Gasteiger partial charge on any atom is -0.501 e. The molecule has 1 rings (SSSR count). The first kappa shape index (κ1) is 10.6. The lowest BCUT2D eigenvalue weighted by atomic mass is 10.1. The van der Waals surface area contributed by atoms with Gasteiger partial charge in [0.05, 0.1) is 12.9 Å². The molecule has 0 amide bonds. The zero-order valence-electron chi connectivity index (χ0n) is 8.41. The number of methoxy groups -OCH3 is 1. The summed E-state index contributed by atoms with van der Waals surface area (Å²) in [5, 5.41) is 11.6. The van der Waals surface area contributed by atoms with E-state index in [0.29, 0.717) is 0 Å². The summed E-state index contributed by atoms with van der Waals surface area (Å²) in [5.41, 5.74) is 0.945. The average molecular weight is 197 g/mol. The van der Waals surface area contributed by atoms with Gasteiger partial charge in [0.1, 0.15) is 6.04 Å². The second kappa shape index (κ2) is 4.69. The minimum absolute atomic E-state index is 0.543. The van der Waals surface area contributed by atoms with Crippen molar-refractivity contribution in [3.63, 3.8) is 0 Å². The number of nitrogens with one attached hydrogen (secondary N) is 1. The zero-order chi connectivity index (χ0) is 10.6. The van der Waals surface area contributed by atoms with E-state index in [-0.39, 0.29) is 0 Å². The quantitative estimate of drug-likeness (QED) is 0.712. The predicted octanol–water partition coefficient (Wildman–Crippen LogP) is 1.26. The fourth-order valence-corrected chi connectivity index (χ4v) is 1.25. The molecular formula is C10H15NO3. The molecule has 1 aliphatic carbocycles. The van der Waals surface area contributed by atoms with Crippen molar-refractivity contribution in [1.82, 2.24) is 5.32 Å². The highest BCUT2D eigenvalue weighted by Gasteiger charge is 2.13. The zero-order valence-corrected chi connectivity index (χ0v) is 8.41. The molecule has 0 fully saturated rings. The van der Waals surface area contributed by atoms with Crippen molar-refractivity contribution in [2.24, 2.45) is 0 Å². The molecule has 0 heterocycles. The molecule has 0 bridgehead atoms. The standard InChI is InChI=1S/C10H15NO3/c1-7(10(12)13)11-8-3-5-9(14-2)6-4-8/h3,5,7,11H,4,6H2,1-2H3,(H,12,13). The summed E-state index contributed by atoms with van der Waals surface area (Å²) in [4.78, 5) is 10.6. The van der Waals surface area contributed by atoms with Gasteiger partial charge in [-0.25, -0.2) is 0 Å². The van der Waals surface area contributed by atoms with Crippen LogP contribution >= 0.6 is 0 Å². The Morgan fingerprint density at radius 1 is 1.57 bits per heavy atom. The van der Waals surface area contributed by atoms with E-state index in [4.69, 9.17) is 9.84 Å². The summed E-state index contributed by atoms with van der Waals surface area (Å²) in [5.74, 6) is 0.0888. The fourth-order valence-electron chi connectivity index (χ4n) is 1.25. The summed E-state index contributed by atoms with van der Waals surface area (Å²) in [6.07, 6.45) is 5.35. The molecule has 0 spiro atoms. The summed E-state index contributed by atoms with van der Waals surface area (Å²) in [6, 6.07) is -0.543. The van der Waals surface area contributed by atoms with Crippen LogP contribution in [0.1, 0.15) is 19.8 Å². The van der Waals surface area contributed by atoms with Crippen molar-refractivity contribution in [2.45, 2.75) is 25.8 Å². The van der Waals surface area contributed by atoms with Gasteiger partial charge in [0.2, 0.25) is 0 Å². The maximum absolute atomic E-state index is 10.6. The number of carboxylic acids is 1. The van der Waals surface area contributed by atoms with Gasteiger partial charge in [-0.15, -0.1) is 0 Å². The molecule has 0 saturated carbocycles. The molecule has 1 unspecified atom stereocenters. The number of aliphatic carboxylic acids is 1. The number of carboxylic acid groups (broad SMARTS) is 1. The number of allylic oxidation sites excluding steroid dienone is 4. The van der Waals surface area contributed by atoms with Gasteiger partial charge in [-0.1, -0.05) is 0 Å². The van der Waals surface area contributed by atoms with Crippen LogP contribution in [-0.4, -0.2) is 24.2 Å². The monoisotopic (exact) mass is 197 g/mol. The van der Waals surface area contributed by atoms with Gasteiger partial charge in [-0.2, -0.15) is 0 Å². The third-order valence-electron chi connectivity index (χ3n) is 2.15. The first-order valence-electron chi connectivity index (χ1n) is 4.56. The van der Waals surface area contributed by atoms with Crippen molar-refractivity contribution < 1.29 is 14.6 Å². The Bertz CT molecular complexity index is 281. The fraction of sp³-hybridized carbons (Fsp3) is 0.500. The summed E-state index contributed by atoms with van der Waals surface area (Å²) in [6.45, 7) is 1.62. The van der Waals surface area contributed by atoms with E-state index in [0.717, 1.165) is 24.3 Å². The molecular weight excluding hydrogens is 182 g/mol. The van der Waals surface area contributed by atoms with Crippen LogP contribution in [0.3, 0.4) is 0 Å². The van der Waals surface area contributed by atoms with Crippen LogP contribution in [0.2, 0.25) is 0 Å². The molecule has 0 saturated heterocycles. The molecule has 78 valence electrons. The Kier molecular flexibility index (Phi) is 3.56. The van der Waals surface area contributed by atoms with E-state index in [1.807, 2.05) is 12.2 Å². The molecule has 0 aromatic carbocycles. The highest BCUT2D eigenvalue weighted by Crippen LogP contribution is 2.16. The number of hydrogen-bond acceptors (Lipinski definition) is 3. The van der Waals surface area contributed by atoms with Crippen molar-refractivity contribution in [1.29, 1.82) is 0 Å². The van der Waals surface area contributed by atoms with Crippen LogP contribution in [0.15, 0.2) is 23.6 Å². The smallest absolute Gasteiger partial charge is 0.325 e. The van der Waals surface area contributed by atoms with Gasteiger partial charge in [0.15, 0.2) is 0 Å². The summed E-state index contributed by atoms with van der Waals surface area (Å²) >= 11 is 0. The number of hydrogen-bond donors (Lipinski definition) is 2. The summed E-state index contributed by atoms with van der Waals surface area (Å²) in [7, 11) is 1.64. The van der Waals surface area contributed by atoms with Crippen LogP contribution in [0.5, 0.6) is 0 Å². The molecule has 0 aliphatic heterocycles. The second-order valence-corrected chi connectivity index (χ2v) is 3.23. The van der Waals surface area contributed by atoms with E-state index in [1.54, 1.807) is 14.0 Å². The minimum atomic E-state index is -0.840. The Hall–Kier alpha value is -1.45. The van der Waals surface area contributed by atoms with Crippen molar-refractivity contribution in [3.8, 4) is 0 Å². The molecule has 0 aromatic rings. The van der Waals surface area contributed by atoms with Crippen molar-refractivity contribution in [2.75, 3.05) is 7.11 Å². The van der Waals surface area contributed by atoms with E-state index in [2.05, 4.69) is 5.32 Å². The normalized spacial score (nSPS) is 17.9. The number of rotatable bonds is 4. The molecule has 4 nitrogen and oxygen atoms in total. The van der Waals surface area contributed by atoms with Gasteiger partial charge < -0.3 is 15.2 Å². The second-order valence-electron chi connectivity index (χ2n) is 3.23. The summed E-state index contributed by atoms with van der Waals surface area (Å²) < 4.78 is 5.06.